The Morgan fingerprint density at radius 2 is 1.55 bits per heavy atom. The number of aryl methyl sites for hydroxylation is 2. The van der Waals surface area contributed by atoms with Gasteiger partial charge in [0.05, 0.1) is 5.56 Å². The zero-order valence-electron chi connectivity index (χ0n) is 36.0. The monoisotopic (exact) mass is 809 g/mol. The Bertz CT molecular complexity index is 2390. The van der Waals surface area contributed by atoms with Crippen LogP contribution in [0, 0.1) is 5.92 Å². The molecule has 3 aliphatic heterocycles. The minimum Gasteiger partial charge on any atom is -0.483 e. The second-order valence-electron chi connectivity index (χ2n) is 17.5. The van der Waals surface area contributed by atoms with Crippen LogP contribution in [0.25, 0.3) is 11.0 Å². The molecular formula is C52H59NO7. The van der Waals surface area contributed by atoms with Crippen molar-refractivity contribution in [2.45, 2.75) is 117 Å². The Morgan fingerprint density at radius 1 is 0.817 bits per heavy atom. The normalized spacial score (nSPS) is 19.8. The predicted molar refractivity (Wildman–Crippen MR) is 236 cm³/mol. The molecule has 0 saturated heterocycles. The molecule has 60 heavy (non-hydrogen) atoms. The molecule has 5 aromatic rings. The maximum atomic E-state index is 14.5. The van der Waals surface area contributed by atoms with Gasteiger partial charge in [0.15, 0.2) is 12.2 Å². The molecule has 1 aromatic heterocycles. The maximum absolute atomic E-state index is 14.5. The lowest BCUT2D eigenvalue weighted by atomic mass is 9.86. The molecule has 0 fully saturated rings. The molecule has 0 spiro atoms. The molecule has 0 radical (unpaired) electrons. The highest BCUT2D eigenvalue weighted by Crippen LogP contribution is 2.47. The van der Waals surface area contributed by atoms with Gasteiger partial charge in [0.25, 0.3) is 0 Å². The van der Waals surface area contributed by atoms with Crippen LogP contribution < -0.4 is 15.7 Å². The Morgan fingerprint density at radius 3 is 2.30 bits per heavy atom. The van der Waals surface area contributed by atoms with Crippen LogP contribution in [0.15, 0.2) is 117 Å². The maximum Gasteiger partial charge on any atom is 0.339 e. The Hall–Kier alpha value is -5.47. The van der Waals surface area contributed by atoms with E-state index >= 15 is 0 Å². The number of allylic oxidation sites excluding steroid dienone is 1. The molecule has 4 atom stereocenters. The molecule has 0 unspecified atom stereocenters. The number of hydrogen-bond donors (Lipinski definition) is 1. The number of fused-ring (bicyclic) bond motifs is 13. The molecular weight excluding hydrogens is 751 g/mol. The first-order valence-corrected chi connectivity index (χ1v) is 21.6. The average Bonchev–Trinajstić information content (AvgIpc) is 3.21. The molecule has 1 N–H and O–H groups in total. The number of rotatable bonds is 10. The van der Waals surface area contributed by atoms with Gasteiger partial charge in [-0.2, -0.15) is 0 Å². The minimum atomic E-state index is -1.11. The molecule has 2 bridgehead atoms. The summed E-state index contributed by atoms with van der Waals surface area (Å²) < 4.78 is 25.8. The van der Waals surface area contributed by atoms with Gasteiger partial charge in [-0.3, -0.25) is 4.79 Å². The van der Waals surface area contributed by atoms with Crippen molar-refractivity contribution in [3.63, 3.8) is 0 Å². The van der Waals surface area contributed by atoms with Crippen molar-refractivity contribution in [1.82, 2.24) is 5.32 Å². The van der Waals surface area contributed by atoms with E-state index in [4.69, 9.17) is 18.6 Å². The van der Waals surface area contributed by atoms with Gasteiger partial charge in [-0.15, -0.1) is 0 Å². The zero-order chi connectivity index (χ0) is 42.4. The highest BCUT2D eigenvalue weighted by Gasteiger charge is 2.50. The molecule has 4 aromatic carbocycles. The quantitative estimate of drug-likeness (QED) is 0.0644. The Balaban J connectivity index is 1.25. The number of carbonyl (C=O) groups is 2. The van der Waals surface area contributed by atoms with Gasteiger partial charge in [0, 0.05) is 22.9 Å². The predicted octanol–water partition coefficient (Wildman–Crippen LogP) is 10.3. The summed E-state index contributed by atoms with van der Waals surface area (Å²) in [6, 6.07) is 33.2. The largest absolute Gasteiger partial charge is 0.483 e. The summed E-state index contributed by atoms with van der Waals surface area (Å²) in [5.74, 6) is -0.595. The second kappa shape index (κ2) is 18.8. The molecule has 8 heteroatoms. The smallest absolute Gasteiger partial charge is 0.339 e. The Kier molecular flexibility index (Phi) is 13.4. The fourth-order valence-electron chi connectivity index (χ4n) is 8.73. The summed E-state index contributed by atoms with van der Waals surface area (Å²) in [7, 11) is 0. The average molecular weight is 810 g/mol. The lowest BCUT2D eigenvalue weighted by Gasteiger charge is -2.43. The van der Waals surface area contributed by atoms with Crippen molar-refractivity contribution in [3.8, 4) is 5.75 Å². The molecule has 4 heterocycles. The van der Waals surface area contributed by atoms with E-state index < -0.39 is 35.4 Å². The van der Waals surface area contributed by atoms with E-state index in [1.54, 1.807) is 0 Å². The summed E-state index contributed by atoms with van der Waals surface area (Å²) in [6.07, 6.45) is 2.99. The van der Waals surface area contributed by atoms with E-state index in [0.29, 0.717) is 47.1 Å². The first-order chi connectivity index (χ1) is 28.9. The molecule has 8 rings (SSSR count). The van der Waals surface area contributed by atoms with Gasteiger partial charge in [0.1, 0.15) is 16.9 Å². The summed E-state index contributed by atoms with van der Waals surface area (Å²) >= 11 is 0. The van der Waals surface area contributed by atoms with E-state index in [0.717, 1.165) is 55.5 Å². The van der Waals surface area contributed by atoms with Gasteiger partial charge in [-0.05, 0) is 144 Å². The van der Waals surface area contributed by atoms with E-state index in [9.17, 15) is 14.4 Å². The Labute approximate surface area is 354 Å². The number of carbonyl (C=O) groups excluding carboxylic acids is 2. The highest BCUT2D eigenvalue weighted by molar-refractivity contribution is 5.90. The van der Waals surface area contributed by atoms with Crippen molar-refractivity contribution in [2.75, 3.05) is 13.1 Å². The summed E-state index contributed by atoms with van der Waals surface area (Å²) in [6.45, 7) is 13.2. The number of esters is 2. The van der Waals surface area contributed by atoms with E-state index in [1.807, 2.05) is 58.9 Å². The zero-order valence-corrected chi connectivity index (χ0v) is 36.0. The van der Waals surface area contributed by atoms with Crippen LogP contribution in [0.4, 0.5) is 0 Å². The summed E-state index contributed by atoms with van der Waals surface area (Å²) in [4.78, 5) is 42.4. The lowest BCUT2D eigenvalue weighted by molar-refractivity contribution is -0.188. The van der Waals surface area contributed by atoms with Crippen LogP contribution in [-0.4, -0.2) is 36.7 Å². The molecule has 3 aliphatic rings. The van der Waals surface area contributed by atoms with Crippen molar-refractivity contribution in [3.05, 3.63) is 158 Å². The molecule has 314 valence electrons. The molecule has 0 saturated carbocycles. The lowest BCUT2D eigenvalue weighted by Crippen LogP contribution is -2.52. The van der Waals surface area contributed by atoms with Crippen molar-refractivity contribution < 1.29 is 28.2 Å². The highest BCUT2D eigenvalue weighted by atomic mass is 16.6. The summed E-state index contributed by atoms with van der Waals surface area (Å²) in [5, 5.41) is 4.01. The third-order valence-corrected chi connectivity index (χ3v) is 12.2. The first kappa shape index (κ1) is 42.6. The van der Waals surface area contributed by atoms with Crippen LogP contribution in [-0.2, 0) is 44.7 Å². The van der Waals surface area contributed by atoms with Gasteiger partial charge in [-0.1, -0.05) is 98.3 Å². The second-order valence-corrected chi connectivity index (χ2v) is 17.5. The number of benzene rings is 4. The van der Waals surface area contributed by atoms with E-state index in [2.05, 4.69) is 85.0 Å². The van der Waals surface area contributed by atoms with Gasteiger partial charge >= 0.3 is 17.6 Å². The van der Waals surface area contributed by atoms with E-state index in [-0.39, 0.29) is 23.8 Å². The number of ether oxygens (including phenoxy) is 3. The van der Waals surface area contributed by atoms with Crippen molar-refractivity contribution in [1.29, 1.82) is 0 Å². The van der Waals surface area contributed by atoms with Gasteiger partial charge < -0.3 is 23.9 Å². The van der Waals surface area contributed by atoms with Crippen molar-refractivity contribution in [2.24, 2.45) is 5.92 Å². The number of nitrogens with one attached hydrogen (secondary N) is 1. The summed E-state index contributed by atoms with van der Waals surface area (Å²) in [5.41, 5.74) is 7.06. The standard InChI is InChI=1S/C52H59NO7/c1-7-53-27-26-34(4)43-32-41-23-25-44-46(47(41)58-51(43)56)48-49(52(5,6)60-44)59-50(55)42(33(2)3)24-22-35-16-18-38(19-17-35)30-40(31-45(54)57-48)21-20-37-14-11-15-39(29-37)28-36-12-9-8-10-13-36/h8-19,23,25,29,32,34,40,48-49,53H,7,20-22,24,26-28,30-31H2,1-6H3/t34-,40+,48-,49+/m1/s1. The van der Waals surface area contributed by atoms with E-state index in [1.165, 1.54) is 16.7 Å². The van der Waals surface area contributed by atoms with Crippen LogP contribution in [0.3, 0.4) is 0 Å². The molecule has 0 aliphatic carbocycles. The fraction of sp³-hybridized carbons (Fsp3) is 0.404. The minimum absolute atomic E-state index is 0.0451. The number of hydrogen-bond acceptors (Lipinski definition) is 8. The van der Waals surface area contributed by atoms with Gasteiger partial charge in [0.2, 0.25) is 0 Å². The van der Waals surface area contributed by atoms with Gasteiger partial charge in [-0.25, -0.2) is 9.59 Å². The van der Waals surface area contributed by atoms with Crippen LogP contribution in [0.1, 0.15) is 118 Å². The first-order valence-electron chi connectivity index (χ1n) is 21.6. The van der Waals surface area contributed by atoms with Crippen LogP contribution in [0.5, 0.6) is 5.75 Å². The SMILES string of the molecule is CCNCC[C@@H](C)c1cc2ccc3c(c2oc1=O)[C@H]1OC(=O)C[C@@H](CCc2cccc(Cc4ccccc4)c2)Cc2ccc(cc2)CCC(=C(C)C)C(=O)O[C@@H]1C(C)(C)O3. The fourth-order valence-corrected chi connectivity index (χ4v) is 8.73. The van der Waals surface area contributed by atoms with Crippen LogP contribution in [0.2, 0.25) is 0 Å². The van der Waals surface area contributed by atoms with Crippen molar-refractivity contribution >= 4 is 22.9 Å². The third-order valence-electron chi connectivity index (χ3n) is 12.2. The third kappa shape index (κ3) is 10.1. The molecule has 8 nitrogen and oxygen atoms in total. The topological polar surface area (TPSA) is 104 Å². The molecule has 0 amide bonds. The van der Waals surface area contributed by atoms with Crippen LogP contribution >= 0.6 is 0 Å².